The maximum absolute atomic E-state index is 15.3. The number of carbonyl (C=O) groups excluding carboxylic acids is 1. The molecule has 8 heteroatoms. The molecule has 0 saturated carbocycles. The summed E-state index contributed by atoms with van der Waals surface area (Å²) in [6.45, 7) is 6.47. The third-order valence-electron chi connectivity index (χ3n) is 5.65. The van der Waals surface area contributed by atoms with Gasteiger partial charge < -0.3 is 4.90 Å². The highest BCUT2D eigenvalue weighted by Gasteiger charge is 2.41. The van der Waals surface area contributed by atoms with E-state index in [9.17, 15) is 4.79 Å². The first-order valence-electron chi connectivity index (χ1n) is 10.4. The van der Waals surface area contributed by atoms with Crippen LogP contribution in [0.5, 0.6) is 0 Å². The smallest absolute Gasteiger partial charge is 0.176 e. The summed E-state index contributed by atoms with van der Waals surface area (Å²) in [5, 5.41) is 17.3. The van der Waals surface area contributed by atoms with Crippen molar-refractivity contribution in [3.8, 4) is 11.3 Å². The minimum Gasteiger partial charge on any atom is -0.303 e. The number of Topliss-reactive ketones (excluding diaryl/α,β-unsaturated/α-hetero) is 1. The van der Waals surface area contributed by atoms with Crippen molar-refractivity contribution in [1.29, 1.82) is 0 Å². The average molecular weight is 410 g/mol. The highest BCUT2D eigenvalue weighted by Crippen LogP contribution is 2.29. The van der Waals surface area contributed by atoms with Crippen LogP contribution in [0.2, 0.25) is 0 Å². The van der Waals surface area contributed by atoms with Crippen molar-refractivity contribution in [3.63, 3.8) is 0 Å². The minimum atomic E-state index is -1.77. The lowest BCUT2D eigenvalue weighted by Gasteiger charge is -2.36. The summed E-state index contributed by atoms with van der Waals surface area (Å²) in [6, 6.07) is 7.53. The van der Waals surface area contributed by atoms with Crippen LogP contribution in [0.3, 0.4) is 0 Å². The fraction of sp³-hybridized carbons (Fsp3) is 0.500. The number of rotatable bonds is 6. The van der Waals surface area contributed by atoms with E-state index in [1.807, 2.05) is 37.5 Å². The number of carbonyl (C=O) groups is 1. The van der Waals surface area contributed by atoms with Crippen molar-refractivity contribution in [3.05, 3.63) is 36.2 Å². The van der Waals surface area contributed by atoms with Crippen LogP contribution in [0, 0.1) is 5.92 Å². The van der Waals surface area contributed by atoms with E-state index in [1.165, 1.54) is 0 Å². The molecule has 0 bridgehead atoms. The van der Waals surface area contributed by atoms with E-state index in [2.05, 4.69) is 39.3 Å². The Hall–Kier alpha value is -2.74. The monoisotopic (exact) mass is 410 g/mol. The maximum Gasteiger partial charge on any atom is 0.176 e. The number of ketones is 1. The molecular formula is C22H27FN6O. The Morgan fingerprint density at radius 1 is 1.17 bits per heavy atom. The van der Waals surface area contributed by atoms with Gasteiger partial charge in [0.2, 0.25) is 0 Å². The van der Waals surface area contributed by atoms with Crippen molar-refractivity contribution in [1.82, 2.24) is 30.1 Å². The molecule has 3 heterocycles. The molecule has 1 saturated heterocycles. The van der Waals surface area contributed by atoms with Gasteiger partial charge in [-0.2, -0.15) is 10.2 Å². The second kappa shape index (κ2) is 8.18. The molecular weight excluding hydrogens is 383 g/mol. The Balaban J connectivity index is 1.48. The molecule has 1 aliphatic heterocycles. The average Bonchev–Trinajstić information content (AvgIpc) is 3.15. The first-order chi connectivity index (χ1) is 14.3. The summed E-state index contributed by atoms with van der Waals surface area (Å²) < 4.78 is 17.0. The highest BCUT2D eigenvalue weighted by molar-refractivity contribution is 5.90. The summed E-state index contributed by atoms with van der Waals surface area (Å²) in [6.07, 6.45) is 2.28. The summed E-state index contributed by atoms with van der Waals surface area (Å²) in [5.41, 5.74) is 1.09. The molecule has 7 nitrogen and oxygen atoms in total. The molecule has 0 aliphatic carbocycles. The zero-order chi connectivity index (χ0) is 21.3. The molecule has 3 aromatic rings. The molecule has 1 aliphatic rings. The van der Waals surface area contributed by atoms with E-state index >= 15 is 4.39 Å². The van der Waals surface area contributed by atoms with E-state index in [1.54, 1.807) is 4.68 Å². The first kappa shape index (κ1) is 20.5. The van der Waals surface area contributed by atoms with Crippen molar-refractivity contribution < 1.29 is 9.18 Å². The van der Waals surface area contributed by atoms with Gasteiger partial charge in [-0.15, -0.1) is 5.10 Å². The molecule has 1 aromatic carbocycles. The topological polar surface area (TPSA) is 76.8 Å². The highest BCUT2D eigenvalue weighted by atomic mass is 19.1. The Morgan fingerprint density at radius 2 is 1.93 bits per heavy atom. The molecule has 0 unspecified atom stereocenters. The predicted molar refractivity (Wildman–Crippen MR) is 113 cm³/mol. The molecule has 0 amide bonds. The molecule has 0 N–H and O–H groups in total. The van der Waals surface area contributed by atoms with E-state index in [0.29, 0.717) is 24.7 Å². The van der Waals surface area contributed by atoms with Gasteiger partial charge in [-0.3, -0.25) is 9.48 Å². The third kappa shape index (κ3) is 4.38. The fourth-order valence-corrected chi connectivity index (χ4v) is 4.02. The van der Waals surface area contributed by atoms with Crippen LogP contribution < -0.4 is 0 Å². The van der Waals surface area contributed by atoms with E-state index in [4.69, 9.17) is 0 Å². The largest absolute Gasteiger partial charge is 0.303 e. The van der Waals surface area contributed by atoms with Gasteiger partial charge >= 0.3 is 0 Å². The maximum atomic E-state index is 15.3. The van der Waals surface area contributed by atoms with Crippen LogP contribution in [0.25, 0.3) is 22.2 Å². The molecule has 0 radical (unpaired) electrons. The van der Waals surface area contributed by atoms with Crippen LogP contribution in [-0.4, -0.2) is 61.2 Å². The zero-order valence-electron chi connectivity index (χ0n) is 17.7. The summed E-state index contributed by atoms with van der Waals surface area (Å²) >= 11 is 0. The normalized spacial score (nSPS) is 17.0. The molecule has 4 rings (SSSR count). The lowest BCUT2D eigenvalue weighted by atomic mass is 9.86. The third-order valence-corrected chi connectivity index (χ3v) is 5.65. The Morgan fingerprint density at radius 3 is 2.60 bits per heavy atom. The minimum absolute atomic E-state index is 0.0427. The van der Waals surface area contributed by atoms with E-state index < -0.39 is 11.5 Å². The predicted octanol–water partition coefficient (Wildman–Crippen LogP) is 3.00. The molecule has 0 atom stereocenters. The van der Waals surface area contributed by atoms with Gasteiger partial charge in [0, 0.05) is 50.5 Å². The number of alkyl halides is 1. The van der Waals surface area contributed by atoms with Crippen LogP contribution >= 0.6 is 0 Å². The van der Waals surface area contributed by atoms with E-state index in [0.717, 1.165) is 28.7 Å². The molecule has 158 valence electrons. The van der Waals surface area contributed by atoms with Gasteiger partial charge in [-0.05, 0) is 24.1 Å². The van der Waals surface area contributed by atoms with Crippen molar-refractivity contribution >= 4 is 16.7 Å². The Bertz CT molecular complexity index is 1050. The quantitative estimate of drug-likeness (QED) is 0.622. The van der Waals surface area contributed by atoms with Gasteiger partial charge in [-0.1, -0.05) is 25.1 Å². The van der Waals surface area contributed by atoms with Crippen LogP contribution in [0.4, 0.5) is 4.39 Å². The molecule has 2 aromatic heterocycles. The SMILES string of the molecule is CC(C)CN1CCC(F)(C(=O)Cc2cc3cc(-c4cn(C)nn4)ccc3nn2)CC1. The number of hydrogen-bond acceptors (Lipinski definition) is 6. The van der Waals surface area contributed by atoms with Crippen molar-refractivity contribution in [2.24, 2.45) is 13.0 Å². The second-order valence-electron chi connectivity index (χ2n) is 8.65. The van der Waals surface area contributed by atoms with Gasteiger partial charge in [-0.25, -0.2) is 4.39 Å². The van der Waals surface area contributed by atoms with E-state index in [-0.39, 0.29) is 19.3 Å². The van der Waals surface area contributed by atoms with Crippen molar-refractivity contribution in [2.45, 2.75) is 38.8 Å². The number of aromatic nitrogens is 5. The molecule has 1 fully saturated rings. The second-order valence-corrected chi connectivity index (χ2v) is 8.65. The number of fused-ring (bicyclic) bond motifs is 1. The number of nitrogens with zero attached hydrogens (tertiary/aromatic N) is 6. The van der Waals surface area contributed by atoms with Gasteiger partial charge in [0.25, 0.3) is 0 Å². The summed E-state index contributed by atoms with van der Waals surface area (Å²) in [4.78, 5) is 15.0. The van der Waals surface area contributed by atoms with Crippen LogP contribution in [-0.2, 0) is 18.3 Å². The number of aryl methyl sites for hydroxylation is 1. The van der Waals surface area contributed by atoms with Crippen molar-refractivity contribution in [2.75, 3.05) is 19.6 Å². The molecule has 30 heavy (non-hydrogen) atoms. The van der Waals surface area contributed by atoms with Crippen LogP contribution in [0.15, 0.2) is 30.5 Å². The zero-order valence-corrected chi connectivity index (χ0v) is 17.7. The number of likely N-dealkylation sites (tertiary alicyclic amines) is 1. The summed E-state index contributed by atoms with van der Waals surface area (Å²) in [7, 11) is 1.81. The number of halogens is 1. The van der Waals surface area contributed by atoms with Gasteiger partial charge in [0.15, 0.2) is 11.5 Å². The number of hydrogen-bond donors (Lipinski definition) is 0. The van der Waals surface area contributed by atoms with Gasteiger partial charge in [0.05, 0.1) is 23.8 Å². The Kier molecular flexibility index (Phi) is 5.60. The summed E-state index contributed by atoms with van der Waals surface area (Å²) in [5.74, 6) is 0.137. The number of piperidine rings is 1. The van der Waals surface area contributed by atoms with Crippen LogP contribution in [0.1, 0.15) is 32.4 Å². The first-order valence-corrected chi connectivity index (χ1v) is 10.4. The van der Waals surface area contributed by atoms with Gasteiger partial charge in [0.1, 0.15) is 5.69 Å². The lowest BCUT2D eigenvalue weighted by Crippen LogP contribution is -2.47. The lowest BCUT2D eigenvalue weighted by molar-refractivity contribution is -0.133. The molecule has 0 spiro atoms. The fourth-order valence-electron chi connectivity index (χ4n) is 4.02. The Labute approximate surface area is 175 Å². The standard InChI is InChI=1S/C22H27FN6O/c1-15(2)13-29-8-6-22(23,7-9-29)21(30)12-18-11-17-10-16(4-5-19(17)25-24-18)20-14-28(3)27-26-20/h4-5,10-11,14-15H,6-9,12-13H2,1-3H3. The number of benzene rings is 1.